The van der Waals surface area contributed by atoms with E-state index in [-0.39, 0.29) is 9.10 Å². The molecule has 1 N–H and O–H groups in total. The third-order valence-corrected chi connectivity index (χ3v) is 7.51. The van der Waals surface area contributed by atoms with E-state index in [0.717, 1.165) is 48.1 Å². The van der Waals surface area contributed by atoms with Crippen LogP contribution in [0.5, 0.6) is 0 Å². The number of aromatic nitrogens is 1. The minimum atomic E-state index is -3.75. The number of nitrogens with one attached hydrogen (secondary N) is 1. The summed E-state index contributed by atoms with van der Waals surface area (Å²) in [6.45, 7) is 3.40. The van der Waals surface area contributed by atoms with Crippen LogP contribution < -0.4 is 10.2 Å². The lowest BCUT2D eigenvalue weighted by atomic mass is 10.2. The Balaban J connectivity index is 1.81. The number of sulfone groups is 1. The average molecular weight is 377 g/mol. The second-order valence-corrected chi connectivity index (χ2v) is 9.07. The lowest BCUT2D eigenvalue weighted by Gasteiger charge is -2.28. The number of piperazine rings is 1. The predicted molar refractivity (Wildman–Crippen MR) is 96.6 cm³/mol. The van der Waals surface area contributed by atoms with Crippen molar-refractivity contribution in [2.75, 3.05) is 31.1 Å². The van der Waals surface area contributed by atoms with Crippen LogP contribution in [0.3, 0.4) is 0 Å². The molecule has 0 atom stereocenters. The van der Waals surface area contributed by atoms with Crippen LogP contribution in [0.15, 0.2) is 51.7 Å². The molecule has 0 saturated carbocycles. The Morgan fingerprint density at radius 2 is 1.96 bits per heavy atom. The minimum absolute atomic E-state index is 0.0317. The van der Waals surface area contributed by atoms with Crippen LogP contribution in [-0.4, -0.2) is 39.6 Å². The molecule has 8 heteroatoms. The van der Waals surface area contributed by atoms with Gasteiger partial charge in [0.25, 0.3) is 0 Å². The molecular formula is C17H16FN3O2S2. The third-order valence-electron chi connectivity index (χ3n) is 4.19. The molecule has 0 amide bonds. The van der Waals surface area contributed by atoms with Gasteiger partial charge in [0.15, 0.2) is 0 Å². The number of benzene rings is 1. The Morgan fingerprint density at radius 3 is 2.72 bits per heavy atom. The SMILES string of the molecule is O=S(=O)(c1cccc(F)c1)c1cc2c(N3CCNCC3)nccc2s1. The van der Waals surface area contributed by atoms with Gasteiger partial charge in [-0.25, -0.2) is 17.8 Å². The molecule has 130 valence electrons. The van der Waals surface area contributed by atoms with Crippen LogP contribution in [0.1, 0.15) is 0 Å². The second-order valence-electron chi connectivity index (χ2n) is 5.81. The first-order valence-electron chi connectivity index (χ1n) is 7.90. The molecule has 1 aromatic carbocycles. The molecule has 2 aromatic heterocycles. The van der Waals surface area contributed by atoms with Crippen molar-refractivity contribution in [3.05, 3.63) is 48.4 Å². The number of hydrogen-bond donors (Lipinski definition) is 1. The Bertz CT molecular complexity index is 1030. The number of pyridine rings is 1. The molecule has 1 fully saturated rings. The fourth-order valence-corrected chi connectivity index (χ4v) is 5.75. The Hall–Kier alpha value is -2.03. The van der Waals surface area contributed by atoms with Crippen molar-refractivity contribution in [2.45, 2.75) is 9.10 Å². The van der Waals surface area contributed by atoms with Crippen molar-refractivity contribution >= 4 is 37.1 Å². The molecule has 1 aliphatic rings. The fourth-order valence-electron chi connectivity index (χ4n) is 2.94. The molecule has 1 aliphatic heterocycles. The zero-order valence-electron chi connectivity index (χ0n) is 13.3. The highest BCUT2D eigenvalue weighted by Gasteiger charge is 2.23. The highest BCUT2D eigenvalue weighted by atomic mass is 32.2. The van der Waals surface area contributed by atoms with Crippen molar-refractivity contribution in [3.8, 4) is 0 Å². The van der Waals surface area contributed by atoms with Gasteiger partial charge in [-0.15, -0.1) is 11.3 Å². The van der Waals surface area contributed by atoms with Gasteiger partial charge in [0.1, 0.15) is 15.8 Å². The van der Waals surface area contributed by atoms with Crippen molar-refractivity contribution < 1.29 is 12.8 Å². The Labute approximate surface area is 149 Å². The second kappa shape index (κ2) is 6.36. The number of hydrogen-bond acceptors (Lipinski definition) is 6. The summed E-state index contributed by atoms with van der Waals surface area (Å²) < 4.78 is 40.2. The maximum atomic E-state index is 13.4. The summed E-state index contributed by atoms with van der Waals surface area (Å²) in [6, 6.07) is 8.58. The lowest BCUT2D eigenvalue weighted by molar-refractivity contribution is 0.586. The number of nitrogens with zero attached hydrogens (tertiary/aromatic N) is 2. The van der Waals surface area contributed by atoms with Crippen molar-refractivity contribution in [1.82, 2.24) is 10.3 Å². The predicted octanol–water partition coefficient (Wildman–Crippen LogP) is 2.68. The van der Waals surface area contributed by atoms with Crippen LogP contribution >= 0.6 is 11.3 Å². The third kappa shape index (κ3) is 3.01. The molecule has 3 aromatic rings. The van der Waals surface area contributed by atoms with E-state index >= 15 is 0 Å². The van der Waals surface area contributed by atoms with Crippen LogP contribution in [0.25, 0.3) is 10.1 Å². The van der Waals surface area contributed by atoms with E-state index < -0.39 is 15.7 Å². The summed E-state index contributed by atoms with van der Waals surface area (Å²) in [5.74, 6) is 0.237. The van der Waals surface area contributed by atoms with Gasteiger partial charge < -0.3 is 10.2 Å². The topological polar surface area (TPSA) is 62.3 Å². The largest absolute Gasteiger partial charge is 0.354 e. The number of anilines is 1. The molecule has 0 bridgehead atoms. The van der Waals surface area contributed by atoms with E-state index in [4.69, 9.17) is 0 Å². The molecule has 0 aliphatic carbocycles. The highest BCUT2D eigenvalue weighted by molar-refractivity contribution is 7.93. The summed E-state index contributed by atoms with van der Waals surface area (Å²) in [5.41, 5.74) is 0. The van der Waals surface area contributed by atoms with Gasteiger partial charge in [-0.2, -0.15) is 0 Å². The Kier molecular flexibility index (Phi) is 4.18. The summed E-state index contributed by atoms with van der Waals surface area (Å²) in [4.78, 5) is 6.59. The van der Waals surface area contributed by atoms with Gasteiger partial charge in [-0.1, -0.05) is 6.07 Å². The zero-order valence-corrected chi connectivity index (χ0v) is 14.9. The van der Waals surface area contributed by atoms with E-state index in [2.05, 4.69) is 15.2 Å². The van der Waals surface area contributed by atoms with Gasteiger partial charge in [-0.3, -0.25) is 0 Å². The van der Waals surface area contributed by atoms with Gasteiger partial charge in [0.2, 0.25) is 9.84 Å². The first kappa shape index (κ1) is 16.4. The molecule has 4 rings (SSSR count). The van der Waals surface area contributed by atoms with Crippen molar-refractivity contribution in [2.24, 2.45) is 0 Å². The molecular weight excluding hydrogens is 361 g/mol. The summed E-state index contributed by atoms with van der Waals surface area (Å²) >= 11 is 1.19. The summed E-state index contributed by atoms with van der Waals surface area (Å²) in [7, 11) is -3.75. The quantitative estimate of drug-likeness (QED) is 0.760. The van der Waals surface area contributed by atoms with Gasteiger partial charge in [-0.05, 0) is 30.3 Å². The maximum absolute atomic E-state index is 13.4. The van der Waals surface area contributed by atoms with Crippen molar-refractivity contribution in [1.29, 1.82) is 0 Å². The number of halogens is 1. The van der Waals surface area contributed by atoms with Crippen LogP contribution in [-0.2, 0) is 9.84 Å². The normalized spacial score (nSPS) is 15.6. The maximum Gasteiger partial charge on any atom is 0.216 e. The van der Waals surface area contributed by atoms with E-state index in [1.807, 2.05) is 6.07 Å². The smallest absolute Gasteiger partial charge is 0.216 e. The molecule has 1 saturated heterocycles. The Morgan fingerprint density at radius 1 is 1.16 bits per heavy atom. The van der Waals surface area contributed by atoms with Crippen LogP contribution in [0, 0.1) is 5.82 Å². The van der Waals surface area contributed by atoms with E-state index in [0.29, 0.717) is 0 Å². The summed E-state index contributed by atoms with van der Waals surface area (Å²) in [5, 5.41) is 4.11. The molecule has 0 spiro atoms. The number of rotatable bonds is 3. The van der Waals surface area contributed by atoms with Crippen molar-refractivity contribution in [3.63, 3.8) is 0 Å². The van der Waals surface area contributed by atoms with Crippen LogP contribution in [0.2, 0.25) is 0 Å². The highest BCUT2D eigenvalue weighted by Crippen LogP contribution is 2.36. The molecule has 0 unspecified atom stereocenters. The first-order valence-corrected chi connectivity index (χ1v) is 10.2. The van der Waals surface area contributed by atoms with Gasteiger partial charge in [0, 0.05) is 42.5 Å². The van der Waals surface area contributed by atoms with Gasteiger partial charge in [0.05, 0.1) is 4.90 Å². The molecule has 0 radical (unpaired) electrons. The van der Waals surface area contributed by atoms with E-state index in [1.54, 1.807) is 12.3 Å². The van der Waals surface area contributed by atoms with Crippen LogP contribution in [0.4, 0.5) is 10.2 Å². The standard InChI is InChI=1S/C17H16FN3O2S2/c18-12-2-1-3-13(10-12)25(22,23)16-11-14-15(24-16)4-5-20-17(14)21-8-6-19-7-9-21/h1-5,10-11,19H,6-9H2. The molecule has 5 nitrogen and oxygen atoms in total. The molecule has 25 heavy (non-hydrogen) atoms. The zero-order chi connectivity index (χ0) is 17.4. The van der Waals surface area contributed by atoms with E-state index in [9.17, 15) is 12.8 Å². The summed E-state index contributed by atoms with van der Waals surface area (Å²) in [6.07, 6.45) is 1.70. The molecule has 3 heterocycles. The number of fused-ring (bicyclic) bond motifs is 1. The fraction of sp³-hybridized carbons (Fsp3) is 0.235. The van der Waals surface area contributed by atoms with Gasteiger partial charge >= 0.3 is 0 Å². The lowest BCUT2D eigenvalue weighted by Crippen LogP contribution is -2.43. The first-order chi connectivity index (χ1) is 12.1. The monoisotopic (exact) mass is 377 g/mol. The number of thiophene rings is 1. The average Bonchev–Trinajstić information content (AvgIpc) is 3.07. The minimum Gasteiger partial charge on any atom is -0.354 e. The van der Waals surface area contributed by atoms with E-state index in [1.165, 1.54) is 29.5 Å².